The fourth-order valence-corrected chi connectivity index (χ4v) is 4.94. The molecule has 194 valence electrons. The van der Waals surface area contributed by atoms with Gasteiger partial charge in [-0.3, -0.25) is 9.59 Å². The molecule has 0 unspecified atom stereocenters. The first-order valence-corrected chi connectivity index (χ1v) is 12.8. The van der Waals surface area contributed by atoms with Crippen LogP contribution in [0.5, 0.6) is 0 Å². The molecule has 4 aromatic rings. The largest absolute Gasteiger partial charge is 0.383 e. The van der Waals surface area contributed by atoms with Crippen LogP contribution >= 0.6 is 0 Å². The topological polar surface area (TPSA) is 119 Å². The van der Waals surface area contributed by atoms with Crippen molar-refractivity contribution in [2.24, 2.45) is 0 Å². The molecule has 1 saturated heterocycles. The van der Waals surface area contributed by atoms with E-state index in [1.807, 2.05) is 72.0 Å². The number of hydrogen-bond acceptors (Lipinski definition) is 6. The summed E-state index contributed by atoms with van der Waals surface area (Å²) in [6.07, 6.45) is 6.58. The molecule has 0 saturated carbocycles. The van der Waals surface area contributed by atoms with Gasteiger partial charge in [-0.15, -0.1) is 0 Å². The highest BCUT2D eigenvalue weighted by Gasteiger charge is 2.28. The van der Waals surface area contributed by atoms with Gasteiger partial charge >= 0.3 is 0 Å². The lowest BCUT2D eigenvalue weighted by Crippen LogP contribution is -2.40. The van der Waals surface area contributed by atoms with Gasteiger partial charge in [-0.1, -0.05) is 48.5 Å². The molecule has 9 nitrogen and oxygen atoms in total. The number of allylic oxidation sites excluding steroid dienone is 1. The summed E-state index contributed by atoms with van der Waals surface area (Å²) in [5.41, 5.74) is 11.1. The van der Waals surface area contributed by atoms with Crippen molar-refractivity contribution in [1.82, 2.24) is 30.0 Å². The Morgan fingerprint density at radius 1 is 1.13 bits per heavy atom. The Morgan fingerprint density at radius 3 is 2.68 bits per heavy atom. The fraction of sp³-hybridized carbons (Fsp3) is 0.276. The van der Waals surface area contributed by atoms with Crippen LogP contribution in [0.4, 0.5) is 5.82 Å². The Kier molecular flexibility index (Phi) is 7.17. The molecule has 38 heavy (non-hydrogen) atoms. The van der Waals surface area contributed by atoms with Crippen LogP contribution < -0.4 is 11.1 Å². The number of rotatable bonds is 6. The number of carbonyl (C=O) groups is 2. The Hall–Kier alpha value is -4.53. The van der Waals surface area contributed by atoms with E-state index in [1.165, 1.54) is 6.33 Å². The number of fused-ring (bicyclic) bond motifs is 1. The minimum Gasteiger partial charge on any atom is -0.383 e. The van der Waals surface area contributed by atoms with Crippen LogP contribution in [-0.4, -0.2) is 49.6 Å². The Bertz CT molecular complexity index is 1510. The SMILES string of the molecule is C/C=C/C(=O)N1CCC[C@@H](n2nc(-c3ccc(CNC(=O)c4ccccc4C)cc3)c3c(N)ncnc32)C1. The molecule has 0 radical (unpaired) electrons. The minimum absolute atomic E-state index is 0.00753. The van der Waals surface area contributed by atoms with Crippen molar-refractivity contribution in [1.29, 1.82) is 0 Å². The number of likely N-dealkylation sites (tertiary alicyclic amines) is 1. The molecule has 1 aliphatic heterocycles. The maximum Gasteiger partial charge on any atom is 0.251 e. The second kappa shape index (κ2) is 10.8. The number of aromatic nitrogens is 4. The lowest BCUT2D eigenvalue weighted by Gasteiger charge is -2.32. The van der Waals surface area contributed by atoms with E-state index in [-0.39, 0.29) is 17.9 Å². The van der Waals surface area contributed by atoms with Crippen molar-refractivity contribution >= 4 is 28.7 Å². The Labute approximate surface area is 221 Å². The number of aryl methyl sites for hydroxylation is 1. The molecule has 1 aliphatic rings. The lowest BCUT2D eigenvalue weighted by molar-refractivity contribution is -0.127. The van der Waals surface area contributed by atoms with Gasteiger partial charge in [0.25, 0.3) is 5.91 Å². The third kappa shape index (κ3) is 5.00. The van der Waals surface area contributed by atoms with Gasteiger partial charge in [0.2, 0.25) is 5.91 Å². The van der Waals surface area contributed by atoms with Gasteiger partial charge in [-0.2, -0.15) is 5.10 Å². The summed E-state index contributed by atoms with van der Waals surface area (Å²) in [6, 6.07) is 15.4. The molecule has 3 N–H and O–H groups in total. The first-order chi connectivity index (χ1) is 18.5. The number of anilines is 1. The van der Waals surface area contributed by atoms with Crippen molar-refractivity contribution in [3.8, 4) is 11.3 Å². The summed E-state index contributed by atoms with van der Waals surface area (Å²) in [6.45, 7) is 5.46. The first-order valence-electron chi connectivity index (χ1n) is 12.8. The summed E-state index contributed by atoms with van der Waals surface area (Å²) in [5, 5.41) is 8.63. The number of piperidine rings is 1. The van der Waals surface area contributed by atoms with Crippen LogP contribution in [-0.2, 0) is 11.3 Å². The molecule has 2 aromatic heterocycles. The highest BCUT2D eigenvalue weighted by atomic mass is 16.2. The van der Waals surface area contributed by atoms with Crippen molar-refractivity contribution in [3.05, 3.63) is 83.7 Å². The molecule has 2 amide bonds. The highest BCUT2D eigenvalue weighted by Crippen LogP contribution is 2.33. The predicted molar refractivity (Wildman–Crippen MR) is 147 cm³/mol. The lowest BCUT2D eigenvalue weighted by atomic mass is 10.1. The molecule has 9 heteroatoms. The molecule has 0 spiro atoms. The summed E-state index contributed by atoms with van der Waals surface area (Å²) >= 11 is 0. The molecule has 1 fully saturated rings. The van der Waals surface area contributed by atoms with Crippen LogP contribution in [0.2, 0.25) is 0 Å². The Balaban J connectivity index is 1.39. The van der Waals surface area contributed by atoms with Crippen molar-refractivity contribution < 1.29 is 9.59 Å². The number of nitrogen functional groups attached to an aromatic ring is 1. The number of nitrogens with one attached hydrogen (secondary N) is 1. The van der Waals surface area contributed by atoms with Crippen molar-refractivity contribution in [2.75, 3.05) is 18.8 Å². The van der Waals surface area contributed by atoms with Gasteiger partial charge < -0.3 is 16.0 Å². The van der Waals surface area contributed by atoms with Crippen LogP contribution in [0.25, 0.3) is 22.3 Å². The zero-order valence-corrected chi connectivity index (χ0v) is 21.6. The van der Waals surface area contributed by atoms with E-state index in [0.29, 0.717) is 41.2 Å². The number of benzene rings is 2. The number of carbonyl (C=O) groups excluding carboxylic acids is 2. The molecule has 5 rings (SSSR count). The van der Waals surface area contributed by atoms with Gasteiger partial charge in [-0.05, 0) is 50.0 Å². The van der Waals surface area contributed by atoms with Gasteiger partial charge in [-0.25, -0.2) is 14.6 Å². The molecular formula is C29H31N7O2. The van der Waals surface area contributed by atoms with E-state index >= 15 is 0 Å². The number of hydrogen-bond donors (Lipinski definition) is 2. The molecule has 2 aromatic carbocycles. The average Bonchev–Trinajstić information content (AvgIpc) is 3.33. The van der Waals surface area contributed by atoms with Crippen LogP contribution in [0.3, 0.4) is 0 Å². The standard InChI is InChI=1S/C29H31N7O2/c1-3-7-24(37)35-15-6-9-22(17-35)36-28-25(27(30)32-18-33-28)26(34-36)21-13-11-20(12-14-21)16-31-29(38)23-10-5-4-8-19(23)2/h3-5,7-8,10-14,18,22H,6,9,15-17H2,1-2H3,(H,31,38)(H2,30,32,33)/b7-3+/t22-/m1/s1. The second-order valence-electron chi connectivity index (χ2n) is 9.53. The van der Waals surface area contributed by atoms with Gasteiger partial charge in [0.1, 0.15) is 17.8 Å². The van der Waals surface area contributed by atoms with E-state index in [1.54, 1.807) is 12.2 Å². The monoisotopic (exact) mass is 509 g/mol. The number of amides is 2. The predicted octanol–water partition coefficient (Wildman–Crippen LogP) is 4.05. The third-order valence-corrected chi connectivity index (χ3v) is 6.95. The summed E-state index contributed by atoms with van der Waals surface area (Å²) < 4.78 is 1.90. The Morgan fingerprint density at radius 2 is 1.92 bits per heavy atom. The van der Waals surface area contributed by atoms with Crippen molar-refractivity contribution in [2.45, 2.75) is 39.3 Å². The first kappa shape index (κ1) is 25.1. The zero-order chi connectivity index (χ0) is 26.6. The molecule has 1 atom stereocenters. The molecule has 0 bridgehead atoms. The number of nitrogens with two attached hydrogens (primary N) is 1. The van der Waals surface area contributed by atoms with E-state index in [4.69, 9.17) is 10.8 Å². The van der Waals surface area contributed by atoms with E-state index in [0.717, 1.165) is 36.1 Å². The quantitative estimate of drug-likeness (QED) is 0.379. The van der Waals surface area contributed by atoms with Crippen LogP contribution in [0.1, 0.15) is 47.3 Å². The molecular weight excluding hydrogens is 478 g/mol. The molecule has 3 heterocycles. The average molecular weight is 510 g/mol. The van der Waals surface area contributed by atoms with E-state index in [2.05, 4.69) is 15.3 Å². The molecule has 0 aliphatic carbocycles. The highest BCUT2D eigenvalue weighted by molar-refractivity contribution is 5.98. The summed E-state index contributed by atoms with van der Waals surface area (Å²) in [5.74, 6) is 0.271. The van der Waals surface area contributed by atoms with Crippen LogP contribution in [0, 0.1) is 6.92 Å². The van der Waals surface area contributed by atoms with E-state index < -0.39 is 0 Å². The van der Waals surface area contributed by atoms with Gasteiger partial charge in [0.05, 0.1) is 11.4 Å². The third-order valence-electron chi connectivity index (χ3n) is 6.95. The smallest absolute Gasteiger partial charge is 0.251 e. The van der Waals surface area contributed by atoms with Gasteiger partial charge in [0.15, 0.2) is 5.65 Å². The summed E-state index contributed by atoms with van der Waals surface area (Å²) in [7, 11) is 0. The number of nitrogens with zero attached hydrogens (tertiary/aromatic N) is 5. The van der Waals surface area contributed by atoms with Gasteiger partial charge in [0, 0.05) is 30.8 Å². The van der Waals surface area contributed by atoms with E-state index in [9.17, 15) is 9.59 Å². The van der Waals surface area contributed by atoms with Crippen LogP contribution in [0.15, 0.2) is 67.0 Å². The second-order valence-corrected chi connectivity index (χ2v) is 9.53. The fourth-order valence-electron chi connectivity index (χ4n) is 4.94. The normalized spacial score (nSPS) is 15.7. The summed E-state index contributed by atoms with van der Waals surface area (Å²) in [4.78, 5) is 35.7. The maximum absolute atomic E-state index is 12.6. The van der Waals surface area contributed by atoms with Crippen molar-refractivity contribution in [3.63, 3.8) is 0 Å². The minimum atomic E-state index is -0.101. The maximum atomic E-state index is 12.6. The zero-order valence-electron chi connectivity index (χ0n) is 21.6.